The Balaban J connectivity index is 2.46. The van der Waals surface area contributed by atoms with Gasteiger partial charge in [-0.3, -0.25) is 15.2 Å². The average molecular weight is 406 g/mol. The molecule has 1 aromatic rings. The highest BCUT2D eigenvalue weighted by Gasteiger charge is 2.21. The Bertz CT molecular complexity index is 847. The van der Waals surface area contributed by atoms with Crippen molar-refractivity contribution in [3.63, 3.8) is 0 Å². The number of ketones is 1. The molecule has 0 saturated heterocycles. The number of carbonyl (C=O) groups excluding carboxylic acids is 1. The number of nitrogens with one attached hydrogen (secondary N) is 1. The van der Waals surface area contributed by atoms with Crippen LogP contribution in [0.5, 0.6) is 0 Å². The molecule has 1 aliphatic rings. The Hall–Kier alpha value is -2.28. The minimum Gasteiger partial charge on any atom is -0.504 e. The zero-order chi connectivity index (χ0) is 20.9. The average Bonchev–Trinajstić information content (AvgIpc) is 3.05. The van der Waals surface area contributed by atoms with Gasteiger partial charge in [-0.15, -0.1) is 11.3 Å². The van der Waals surface area contributed by atoms with Crippen molar-refractivity contribution < 1.29 is 15.0 Å². The molecule has 3 N–H and O–H groups in total. The first-order chi connectivity index (χ1) is 13.1. The topological polar surface area (TPSA) is 86.8 Å². The molecule has 154 valence electrons. The summed E-state index contributed by atoms with van der Waals surface area (Å²) in [6, 6.07) is 0.325. The SMILES string of the molecule is C=CC(=CNn1c(C(C)(C)C)csc1=NC1CCCCC1)C(O)=C(O)C(C)=O. The fourth-order valence-corrected chi connectivity index (χ4v) is 4.21. The van der Waals surface area contributed by atoms with Crippen LogP contribution in [0.3, 0.4) is 0 Å². The molecule has 0 atom stereocenters. The molecule has 0 aliphatic heterocycles. The van der Waals surface area contributed by atoms with Gasteiger partial charge in [-0.2, -0.15) is 0 Å². The molecule has 1 heterocycles. The van der Waals surface area contributed by atoms with Crippen LogP contribution in [0.1, 0.15) is 65.5 Å². The molecule has 0 aromatic carbocycles. The van der Waals surface area contributed by atoms with Crippen LogP contribution in [0.4, 0.5) is 0 Å². The molecular weight excluding hydrogens is 374 g/mol. The van der Waals surface area contributed by atoms with Crippen LogP contribution < -0.4 is 10.2 Å². The number of rotatable bonds is 6. The second kappa shape index (κ2) is 9.28. The highest BCUT2D eigenvalue weighted by Crippen LogP contribution is 2.23. The summed E-state index contributed by atoms with van der Waals surface area (Å²) >= 11 is 1.58. The second-order valence-electron chi connectivity index (χ2n) is 8.10. The lowest BCUT2D eigenvalue weighted by Crippen LogP contribution is -2.31. The molecule has 1 saturated carbocycles. The second-order valence-corrected chi connectivity index (χ2v) is 8.93. The van der Waals surface area contributed by atoms with Crippen LogP contribution in [0.15, 0.2) is 46.3 Å². The third-order valence-electron chi connectivity index (χ3n) is 4.74. The standard InChI is InChI=1S/C21H31N3O3S/c1-6-15(19(27)18(26)14(2)25)12-22-24-17(21(3,4)5)13-28-20(24)23-16-10-8-7-9-11-16/h6,12-13,16,22,26-27H,1,7-11H2,2-5H3. The molecule has 1 aromatic heterocycles. The minimum atomic E-state index is -0.688. The predicted molar refractivity (Wildman–Crippen MR) is 114 cm³/mol. The van der Waals surface area contributed by atoms with Gasteiger partial charge in [0.15, 0.2) is 11.5 Å². The maximum Gasteiger partial charge on any atom is 0.204 e. The number of aromatic nitrogens is 1. The van der Waals surface area contributed by atoms with Crippen molar-refractivity contribution in [3.8, 4) is 0 Å². The molecule has 7 heteroatoms. The van der Waals surface area contributed by atoms with E-state index in [0.717, 1.165) is 23.3 Å². The molecule has 1 aliphatic carbocycles. The lowest BCUT2D eigenvalue weighted by Gasteiger charge is -2.22. The Morgan fingerprint density at radius 1 is 1.29 bits per heavy atom. The lowest BCUT2D eigenvalue weighted by molar-refractivity contribution is -0.116. The van der Waals surface area contributed by atoms with Gasteiger partial charge in [0.05, 0.1) is 11.7 Å². The summed E-state index contributed by atoms with van der Waals surface area (Å²) in [4.78, 5) is 17.1. The van der Waals surface area contributed by atoms with Crippen LogP contribution in [0, 0.1) is 0 Å². The molecule has 0 spiro atoms. The van der Waals surface area contributed by atoms with Crippen LogP contribution in [-0.2, 0) is 10.2 Å². The number of hydrogen-bond donors (Lipinski definition) is 3. The zero-order valence-electron chi connectivity index (χ0n) is 17.2. The first kappa shape index (κ1) is 22.0. The number of aliphatic hydroxyl groups excluding tert-OH is 2. The number of thiazole rings is 1. The molecule has 0 radical (unpaired) electrons. The Kier molecular flexibility index (Phi) is 7.29. The Morgan fingerprint density at radius 2 is 1.93 bits per heavy atom. The van der Waals surface area contributed by atoms with E-state index in [0.29, 0.717) is 6.04 Å². The molecule has 2 rings (SSSR count). The molecule has 28 heavy (non-hydrogen) atoms. The Labute approximate surface area is 170 Å². The van der Waals surface area contributed by atoms with Crippen LogP contribution in [-0.4, -0.2) is 26.7 Å². The summed E-state index contributed by atoms with van der Waals surface area (Å²) in [7, 11) is 0. The van der Waals surface area contributed by atoms with E-state index in [4.69, 9.17) is 4.99 Å². The van der Waals surface area contributed by atoms with E-state index in [9.17, 15) is 15.0 Å². The van der Waals surface area contributed by atoms with Crippen molar-refractivity contribution in [3.05, 3.63) is 51.8 Å². The predicted octanol–water partition coefficient (Wildman–Crippen LogP) is 4.61. The third kappa shape index (κ3) is 5.38. The fraction of sp³-hybridized carbons (Fsp3) is 0.524. The Morgan fingerprint density at radius 3 is 2.46 bits per heavy atom. The van der Waals surface area contributed by atoms with Gasteiger partial charge in [0.1, 0.15) is 0 Å². The van der Waals surface area contributed by atoms with E-state index < -0.39 is 17.3 Å². The smallest absolute Gasteiger partial charge is 0.204 e. The number of hydrogen-bond acceptors (Lipinski definition) is 6. The highest BCUT2D eigenvalue weighted by molar-refractivity contribution is 7.07. The third-order valence-corrected chi connectivity index (χ3v) is 5.58. The molecular formula is C21H31N3O3S. The van der Waals surface area contributed by atoms with Crippen molar-refractivity contribution in [1.82, 2.24) is 4.68 Å². The first-order valence-electron chi connectivity index (χ1n) is 9.62. The summed E-state index contributed by atoms with van der Waals surface area (Å²) in [5, 5.41) is 22.0. The summed E-state index contributed by atoms with van der Waals surface area (Å²) in [6.45, 7) is 11.2. The molecule has 6 nitrogen and oxygen atoms in total. The van der Waals surface area contributed by atoms with Gasteiger partial charge < -0.3 is 10.2 Å². The number of nitrogens with zero attached hydrogens (tertiary/aromatic N) is 2. The van der Waals surface area contributed by atoms with Gasteiger partial charge >= 0.3 is 0 Å². The monoisotopic (exact) mass is 405 g/mol. The molecule has 0 bridgehead atoms. The van der Waals surface area contributed by atoms with Crippen molar-refractivity contribution >= 4 is 17.1 Å². The normalized spacial score (nSPS) is 18.0. The van der Waals surface area contributed by atoms with Crippen molar-refractivity contribution in [2.24, 2.45) is 4.99 Å². The van der Waals surface area contributed by atoms with Gasteiger partial charge in [0.2, 0.25) is 10.6 Å². The van der Waals surface area contributed by atoms with Gasteiger partial charge in [-0.05, 0) is 12.8 Å². The number of allylic oxidation sites excluding steroid dienone is 2. The van der Waals surface area contributed by atoms with Crippen molar-refractivity contribution in [2.45, 2.75) is 71.3 Å². The van der Waals surface area contributed by atoms with E-state index in [-0.39, 0.29) is 11.0 Å². The molecule has 0 unspecified atom stereocenters. The maximum absolute atomic E-state index is 11.3. The summed E-state index contributed by atoms with van der Waals surface area (Å²) in [5.41, 5.74) is 4.31. The zero-order valence-corrected chi connectivity index (χ0v) is 18.0. The number of aliphatic hydroxyl groups is 2. The maximum atomic E-state index is 11.3. The van der Waals surface area contributed by atoms with Gasteiger partial charge in [-0.25, -0.2) is 4.68 Å². The van der Waals surface area contributed by atoms with Crippen molar-refractivity contribution in [1.29, 1.82) is 0 Å². The van der Waals surface area contributed by atoms with E-state index in [1.807, 2.05) is 4.68 Å². The van der Waals surface area contributed by atoms with Gasteiger partial charge in [0.25, 0.3) is 0 Å². The fourth-order valence-electron chi connectivity index (χ4n) is 3.07. The molecule has 0 amide bonds. The minimum absolute atomic E-state index is 0.120. The van der Waals surface area contributed by atoms with Gasteiger partial charge in [0, 0.05) is 29.5 Å². The number of carbonyl (C=O) groups is 1. The summed E-state index contributed by atoms with van der Waals surface area (Å²) < 4.78 is 1.90. The van der Waals surface area contributed by atoms with E-state index >= 15 is 0 Å². The summed E-state index contributed by atoms with van der Waals surface area (Å²) in [6.07, 6.45) is 8.80. The lowest BCUT2D eigenvalue weighted by atomic mass is 9.93. The van der Waals surface area contributed by atoms with E-state index in [2.05, 4.69) is 38.2 Å². The van der Waals surface area contributed by atoms with Crippen LogP contribution >= 0.6 is 11.3 Å². The van der Waals surface area contributed by atoms with E-state index in [1.54, 1.807) is 11.3 Å². The highest BCUT2D eigenvalue weighted by atomic mass is 32.1. The molecule has 1 fully saturated rings. The number of Topliss-reactive ketones (excluding diaryl/α,β-unsaturated/α-hetero) is 1. The van der Waals surface area contributed by atoms with Gasteiger partial charge in [-0.1, -0.05) is 52.7 Å². The first-order valence-corrected chi connectivity index (χ1v) is 10.5. The van der Waals surface area contributed by atoms with Crippen LogP contribution in [0.2, 0.25) is 0 Å². The quantitative estimate of drug-likeness (QED) is 0.366. The summed E-state index contributed by atoms with van der Waals surface area (Å²) in [5.74, 6) is -1.81. The largest absolute Gasteiger partial charge is 0.504 e. The van der Waals surface area contributed by atoms with E-state index in [1.165, 1.54) is 38.5 Å². The van der Waals surface area contributed by atoms with Crippen molar-refractivity contribution in [2.75, 3.05) is 5.43 Å². The van der Waals surface area contributed by atoms with Crippen LogP contribution in [0.25, 0.3) is 0 Å².